The number of hydrogen-bond donors (Lipinski definition) is 2. The maximum Gasteiger partial charge on any atom is 0.231 e. The van der Waals surface area contributed by atoms with Gasteiger partial charge in [0.1, 0.15) is 0 Å². The summed E-state index contributed by atoms with van der Waals surface area (Å²) in [5, 5.41) is 6.64. The van der Waals surface area contributed by atoms with Gasteiger partial charge in [-0.25, -0.2) is 0 Å². The minimum atomic E-state index is 0.300. The molecule has 0 aliphatic carbocycles. The van der Waals surface area contributed by atoms with E-state index in [9.17, 15) is 0 Å². The zero-order valence-electron chi connectivity index (χ0n) is 15.5. The van der Waals surface area contributed by atoms with Gasteiger partial charge in [0.25, 0.3) is 0 Å². The number of rotatable bonds is 9. The molecule has 7 nitrogen and oxygen atoms in total. The normalized spacial score (nSPS) is 19.0. The van der Waals surface area contributed by atoms with Crippen molar-refractivity contribution in [2.24, 2.45) is 4.99 Å². The summed E-state index contributed by atoms with van der Waals surface area (Å²) in [6, 6.07) is 6.06. The number of ether oxygens (including phenoxy) is 4. The van der Waals surface area contributed by atoms with Crippen molar-refractivity contribution in [3.8, 4) is 11.5 Å². The Balaban J connectivity index is 1.25. The smallest absolute Gasteiger partial charge is 0.231 e. The molecule has 0 spiro atoms. The van der Waals surface area contributed by atoms with Crippen molar-refractivity contribution in [3.63, 3.8) is 0 Å². The summed E-state index contributed by atoms with van der Waals surface area (Å²) in [5.41, 5.74) is 1.21. The van der Waals surface area contributed by atoms with Gasteiger partial charge in [0.15, 0.2) is 17.5 Å². The van der Waals surface area contributed by atoms with Crippen LogP contribution in [0.5, 0.6) is 11.5 Å². The zero-order valence-corrected chi connectivity index (χ0v) is 15.5. The first-order chi connectivity index (χ1) is 12.8. The van der Waals surface area contributed by atoms with Gasteiger partial charge in [-0.2, -0.15) is 0 Å². The average molecular weight is 363 g/mol. The number of nitrogens with zero attached hydrogens (tertiary/aromatic N) is 1. The quantitative estimate of drug-likeness (QED) is 0.395. The lowest BCUT2D eigenvalue weighted by Gasteiger charge is -2.13. The highest BCUT2D eigenvalue weighted by atomic mass is 16.7. The van der Waals surface area contributed by atoms with Gasteiger partial charge in [-0.15, -0.1) is 0 Å². The van der Waals surface area contributed by atoms with E-state index >= 15 is 0 Å². The van der Waals surface area contributed by atoms with Crippen LogP contribution in [0.2, 0.25) is 0 Å². The number of guanidine groups is 1. The molecule has 26 heavy (non-hydrogen) atoms. The second-order valence-corrected chi connectivity index (χ2v) is 6.43. The molecular formula is C19H29N3O4. The molecule has 1 unspecified atom stereocenters. The Labute approximate surface area is 155 Å². The van der Waals surface area contributed by atoms with Crippen LogP contribution >= 0.6 is 0 Å². The molecule has 2 aliphatic heterocycles. The summed E-state index contributed by atoms with van der Waals surface area (Å²) in [4.78, 5) is 4.25. The number of hydrogen-bond acceptors (Lipinski definition) is 5. The summed E-state index contributed by atoms with van der Waals surface area (Å²) in [5.74, 6) is 2.46. The Morgan fingerprint density at radius 2 is 2.12 bits per heavy atom. The lowest BCUT2D eigenvalue weighted by molar-refractivity contribution is 0.0168. The van der Waals surface area contributed by atoms with Gasteiger partial charge in [-0.05, 0) is 43.4 Å². The van der Waals surface area contributed by atoms with E-state index in [0.29, 0.717) is 19.5 Å². The minimum absolute atomic E-state index is 0.300. The van der Waals surface area contributed by atoms with Crippen LogP contribution < -0.4 is 20.1 Å². The van der Waals surface area contributed by atoms with Gasteiger partial charge in [0.05, 0.1) is 12.7 Å². The van der Waals surface area contributed by atoms with Crippen molar-refractivity contribution in [2.45, 2.75) is 31.8 Å². The summed E-state index contributed by atoms with van der Waals surface area (Å²) >= 11 is 0. The molecule has 0 amide bonds. The van der Waals surface area contributed by atoms with Crippen molar-refractivity contribution in [1.29, 1.82) is 0 Å². The standard InChI is InChI=1S/C19H29N3O4/c1-20-19(21-8-3-10-23-13-16-4-2-11-24-16)22-9-7-15-5-6-17-18(12-15)26-14-25-17/h5-6,12,16H,2-4,7-11,13-14H2,1H3,(H2,20,21,22). The lowest BCUT2D eigenvalue weighted by Crippen LogP contribution is -2.39. The molecule has 3 rings (SSSR count). The Kier molecular flexibility index (Phi) is 7.39. The van der Waals surface area contributed by atoms with Crippen molar-refractivity contribution >= 4 is 5.96 Å². The molecule has 1 saturated heterocycles. The maximum atomic E-state index is 5.66. The van der Waals surface area contributed by atoms with Crippen molar-refractivity contribution in [2.75, 3.05) is 46.8 Å². The van der Waals surface area contributed by atoms with E-state index in [0.717, 1.165) is 69.4 Å². The maximum absolute atomic E-state index is 5.66. The molecule has 7 heteroatoms. The van der Waals surface area contributed by atoms with Crippen LogP contribution in [0.25, 0.3) is 0 Å². The molecule has 2 heterocycles. The third kappa shape index (κ3) is 5.78. The first-order valence-corrected chi connectivity index (χ1v) is 9.37. The highest BCUT2D eigenvalue weighted by Gasteiger charge is 2.15. The second-order valence-electron chi connectivity index (χ2n) is 6.43. The van der Waals surface area contributed by atoms with Crippen LogP contribution in [0.1, 0.15) is 24.8 Å². The highest BCUT2D eigenvalue weighted by molar-refractivity contribution is 5.79. The zero-order chi connectivity index (χ0) is 18.0. The highest BCUT2D eigenvalue weighted by Crippen LogP contribution is 2.32. The topological polar surface area (TPSA) is 73.3 Å². The van der Waals surface area contributed by atoms with E-state index in [1.165, 1.54) is 5.56 Å². The van der Waals surface area contributed by atoms with Gasteiger partial charge >= 0.3 is 0 Å². The lowest BCUT2D eigenvalue weighted by atomic mass is 10.1. The van der Waals surface area contributed by atoms with Crippen LogP contribution in [-0.2, 0) is 15.9 Å². The Morgan fingerprint density at radius 1 is 1.23 bits per heavy atom. The fraction of sp³-hybridized carbons (Fsp3) is 0.632. The Hall–Kier alpha value is -1.99. The summed E-state index contributed by atoms with van der Waals surface area (Å²) in [6.07, 6.45) is 4.41. The molecule has 1 fully saturated rings. The van der Waals surface area contributed by atoms with Crippen LogP contribution in [-0.4, -0.2) is 58.8 Å². The summed E-state index contributed by atoms with van der Waals surface area (Å²) < 4.78 is 21.9. The molecule has 0 aromatic heterocycles. The number of aliphatic imine (C=N–C) groups is 1. The predicted molar refractivity (Wildman–Crippen MR) is 100 cm³/mol. The van der Waals surface area contributed by atoms with Crippen LogP contribution in [0.15, 0.2) is 23.2 Å². The molecule has 2 N–H and O–H groups in total. The Morgan fingerprint density at radius 3 is 2.96 bits per heavy atom. The molecule has 0 saturated carbocycles. The van der Waals surface area contributed by atoms with Crippen LogP contribution in [0.4, 0.5) is 0 Å². The number of nitrogens with one attached hydrogen (secondary N) is 2. The molecule has 1 atom stereocenters. The number of benzene rings is 1. The molecule has 0 bridgehead atoms. The van der Waals surface area contributed by atoms with E-state index in [4.69, 9.17) is 18.9 Å². The first kappa shape index (κ1) is 18.8. The van der Waals surface area contributed by atoms with Crippen LogP contribution in [0.3, 0.4) is 0 Å². The average Bonchev–Trinajstić information content (AvgIpc) is 3.34. The molecule has 144 valence electrons. The van der Waals surface area contributed by atoms with Crippen molar-refractivity contribution in [1.82, 2.24) is 10.6 Å². The van der Waals surface area contributed by atoms with E-state index in [-0.39, 0.29) is 0 Å². The summed E-state index contributed by atoms with van der Waals surface area (Å²) in [7, 11) is 1.78. The monoisotopic (exact) mass is 363 g/mol. The minimum Gasteiger partial charge on any atom is -0.454 e. The summed E-state index contributed by atoms with van der Waals surface area (Å²) in [6.45, 7) is 4.27. The van der Waals surface area contributed by atoms with Crippen LogP contribution in [0, 0.1) is 0 Å². The van der Waals surface area contributed by atoms with E-state index < -0.39 is 0 Å². The molecule has 2 aliphatic rings. The van der Waals surface area contributed by atoms with E-state index in [2.05, 4.69) is 21.7 Å². The van der Waals surface area contributed by atoms with Gasteiger partial charge in [-0.1, -0.05) is 6.07 Å². The van der Waals surface area contributed by atoms with E-state index in [1.807, 2.05) is 12.1 Å². The predicted octanol–water partition coefficient (Wildman–Crippen LogP) is 1.71. The van der Waals surface area contributed by atoms with Gasteiger partial charge in [0.2, 0.25) is 6.79 Å². The van der Waals surface area contributed by atoms with Gasteiger partial charge in [-0.3, -0.25) is 4.99 Å². The van der Waals surface area contributed by atoms with Gasteiger partial charge in [0, 0.05) is 33.4 Å². The molecular weight excluding hydrogens is 334 g/mol. The third-order valence-electron chi connectivity index (χ3n) is 4.45. The SMILES string of the molecule is CN=C(NCCCOCC1CCCO1)NCCc1ccc2c(c1)OCO2. The van der Waals surface area contributed by atoms with Crippen molar-refractivity contribution in [3.05, 3.63) is 23.8 Å². The third-order valence-corrected chi connectivity index (χ3v) is 4.45. The van der Waals surface area contributed by atoms with Gasteiger partial charge < -0.3 is 29.6 Å². The molecule has 0 radical (unpaired) electrons. The fourth-order valence-electron chi connectivity index (χ4n) is 3.01. The Bertz CT molecular complexity index is 588. The second kappa shape index (κ2) is 10.2. The first-order valence-electron chi connectivity index (χ1n) is 9.37. The molecule has 1 aromatic carbocycles. The largest absolute Gasteiger partial charge is 0.454 e. The molecule has 1 aromatic rings. The van der Waals surface area contributed by atoms with E-state index in [1.54, 1.807) is 7.05 Å². The number of fused-ring (bicyclic) bond motifs is 1. The fourth-order valence-corrected chi connectivity index (χ4v) is 3.01. The van der Waals surface area contributed by atoms with Crippen molar-refractivity contribution < 1.29 is 18.9 Å².